The van der Waals surface area contributed by atoms with E-state index in [0.29, 0.717) is 10.7 Å². The molecule has 0 bridgehead atoms. The van der Waals surface area contributed by atoms with Crippen LogP contribution in [-0.4, -0.2) is 20.4 Å². The Morgan fingerprint density at radius 2 is 1.66 bits per heavy atom. The van der Waals surface area contributed by atoms with Crippen LogP contribution in [-0.2, 0) is 21.2 Å². The number of sulfonamides is 1. The highest BCUT2D eigenvalue weighted by Crippen LogP contribution is 2.18. The Balaban J connectivity index is 1.85. The third-order valence-electron chi connectivity index (χ3n) is 4.11. The SMILES string of the molecule is O=C(Nc1cccc(Br)c1)[C@H](Cc1ccccc1)NS(=O)(=O)c1ccc(Cl)cc1. The summed E-state index contributed by atoms with van der Waals surface area (Å²) in [5, 5.41) is 3.20. The van der Waals surface area contributed by atoms with E-state index in [1.807, 2.05) is 36.4 Å². The van der Waals surface area contributed by atoms with Crippen LogP contribution in [0, 0.1) is 0 Å². The Labute approximate surface area is 183 Å². The second kappa shape index (κ2) is 9.54. The Hall–Kier alpha value is -2.19. The molecule has 0 saturated heterocycles. The number of rotatable bonds is 7. The number of amides is 1. The fraction of sp³-hybridized carbons (Fsp3) is 0.0952. The van der Waals surface area contributed by atoms with Gasteiger partial charge in [-0.05, 0) is 54.4 Å². The van der Waals surface area contributed by atoms with Gasteiger partial charge in [-0.2, -0.15) is 4.72 Å². The van der Waals surface area contributed by atoms with Crippen molar-refractivity contribution in [1.29, 1.82) is 0 Å². The molecule has 29 heavy (non-hydrogen) atoms. The zero-order valence-corrected chi connectivity index (χ0v) is 18.3. The monoisotopic (exact) mass is 492 g/mol. The van der Waals surface area contributed by atoms with E-state index in [0.717, 1.165) is 10.0 Å². The van der Waals surface area contributed by atoms with E-state index in [-0.39, 0.29) is 11.3 Å². The van der Waals surface area contributed by atoms with E-state index in [4.69, 9.17) is 11.6 Å². The Morgan fingerprint density at radius 1 is 0.966 bits per heavy atom. The van der Waals surface area contributed by atoms with Crippen LogP contribution in [0.4, 0.5) is 5.69 Å². The van der Waals surface area contributed by atoms with Crippen LogP contribution in [0.3, 0.4) is 0 Å². The molecule has 0 aromatic heterocycles. The largest absolute Gasteiger partial charge is 0.325 e. The number of nitrogens with one attached hydrogen (secondary N) is 2. The quantitative estimate of drug-likeness (QED) is 0.504. The number of carbonyl (C=O) groups is 1. The average Bonchev–Trinajstić information content (AvgIpc) is 2.68. The summed E-state index contributed by atoms with van der Waals surface area (Å²) in [4.78, 5) is 13.0. The van der Waals surface area contributed by atoms with Crippen molar-refractivity contribution < 1.29 is 13.2 Å². The predicted octanol–water partition coefficient (Wildman–Crippen LogP) is 4.63. The third-order valence-corrected chi connectivity index (χ3v) is 6.35. The van der Waals surface area contributed by atoms with Gasteiger partial charge in [-0.15, -0.1) is 0 Å². The summed E-state index contributed by atoms with van der Waals surface area (Å²) < 4.78 is 28.9. The zero-order chi connectivity index (χ0) is 20.9. The van der Waals surface area contributed by atoms with Gasteiger partial charge < -0.3 is 5.32 Å². The molecule has 3 aromatic rings. The molecule has 8 heteroatoms. The van der Waals surface area contributed by atoms with Crippen molar-refractivity contribution in [2.75, 3.05) is 5.32 Å². The van der Waals surface area contributed by atoms with Crippen molar-refractivity contribution >= 4 is 49.1 Å². The second-order valence-electron chi connectivity index (χ2n) is 6.32. The molecule has 0 aliphatic carbocycles. The molecule has 0 heterocycles. The highest BCUT2D eigenvalue weighted by atomic mass is 79.9. The number of carbonyl (C=O) groups excluding carboxylic acids is 1. The van der Waals surface area contributed by atoms with Crippen LogP contribution in [0.1, 0.15) is 5.56 Å². The molecule has 0 radical (unpaired) electrons. The number of hydrogen-bond donors (Lipinski definition) is 2. The first-order valence-electron chi connectivity index (χ1n) is 8.72. The normalized spacial score (nSPS) is 12.3. The molecule has 3 aromatic carbocycles. The number of benzene rings is 3. The first-order valence-corrected chi connectivity index (χ1v) is 11.4. The predicted molar refractivity (Wildman–Crippen MR) is 118 cm³/mol. The summed E-state index contributed by atoms with van der Waals surface area (Å²) in [5.74, 6) is -0.454. The molecule has 0 aliphatic rings. The number of anilines is 1. The van der Waals surface area contributed by atoms with Crippen molar-refractivity contribution in [3.05, 3.63) is 93.9 Å². The first kappa shape index (κ1) is 21.5. The molecule has 0 unspecified atom stereocenters. The minimum absolute atomic E-state index is 0.0372. The maximum atomic E-state index is 12.9. The van der Waals surface area contributed by atoms with Gasteiger partial charge in [0.2, 0.25) is 15.9 Å². The average molecular weight is 494 g/mol. The number of halogens is 2. The fourth-order valence-electron chi connectivity index (χ4n) is 2.70. The van der Waals surface area contributed by atoms with Gasteiger partial charge >= 0.3 is 0 Å². The lowest BCUT2D eigenvalue weighted by atomic mass is 10.1. The molecular weight excluding hydrogens is 476 g/mol. The number of hydrogen-bond acceptors (Lipinski definition) is 3. The molecular formula is C21H18BrClN2O3S. The summed E-state index contributed by atoms with van der Waals surface area (Å²) >= 11 is 9.20. The van der Waals surface area contributed by atoms with Crippen molar-refractivity contribution in [3.63, 3.8) is 0 Å². The molecule has 2 N–H and O–H groups in total. The molecule has 1 amide bonds. The lowest BCUT2D eigenvalue weighted by Gasteiger charge is -2.19. The summed E-state index contributed by atoms with van der Waals surface area (Å²) in [7, 11) is -3.92. The Kier molecular flexibility index (Phi) is 7.08. The summed E-state index contributed by atoms with van der Waals surface area (Å²) in [5.41, 5.74) is 1.40. The van der Waals surface area contributed by atoms with Gasteiger partial charge in [0.05, 0.1) is 4.90 Å². The second-order valence-corrected chi connectivity index (χ2v) is 9.38. The Bertz CT molecular complexity index is 1090. The van der Waals surface area contributed by atoms with Crippen molar-refractivity contribution in [3.8, 4) is 0 Å². The van der Waals surface area contributed by atoms with Crippen LogP contribution in [0.2, 0.25) is 5.02 Å². The molecule has 3 rings (SSSR count). The maximum absolute atomic E-state index is 12.9. The van der Waals surface area contributed by atoms with Gasteiger partial charge in [0, 0.05) is 15.2 Å². The van der Waals surface area contributed by atoms with Crippen LogP contribution in [0.25, 0.3) is 0 Å². The molecule has 1 atom stereocenters. The molecule has 0 spiro atoms. The van der Waals surface area contributed by atoms with E-state index in [1.165, 1.54) is 24.3 Å². The summed E-state index contributed by atoms with van der Waals surface area (Å²) in [6, 6.07) is 21.1. The molecule has 0 aliphatic heterocycles. The van der Waals surface area contributed by atoms with Gasteiger partial charge in [0.25, 0.3) is 0 Å². The first-order chi connectivity index (χ1) is 13.8. The van der Waals surface area contributed by atoms with E-state index >= 15 is 0 Å². The maximum Gasteiger partial charge on any atom is 0.242 e. The molecule has 150 valence electrons. The minimum atomic E-state index is -3.92. The van der Waals surface area contributed by atoms with Crippen LogP contribution in [0.5, 0.6) is 0 Å². The lowest BCUT2D eigenvalue weighted by molar-refractivity contribution is -0.117. The van der Waals surface area contributed by atoms with E-state index in [2.05, 4.69) is 26.0 Å². The van der Waals surface area contributed by atoms with Crippen LogP contribution in [0.15, 0.2) is 88.2 Å². The van der Waals surface area contributed by atoms with Crippen LogP contribution >= 0.6 is 27.5 Å². The standard InChI is InChI=1S/C21H18BrClN2O3S/c22-16-7-4-8-18(14-16)24-21(26)20(13-15-5-2-1-3-6-15)25-29(27,28)19-11-9-17(23)10-12-19/h1-12,14,20,25H,13H2,(H,24,26)/t20-/m0/s1. The highest BCUT2D eigenvalue weighted by molar-refractivity contribution is 9.10. The lowest BCUT2D eigenvalue weighted by Crippen LogP contribution is -2.45. The molecule has 0 fully saturated rings. The Morgan fingerprint density at radius 3 is 2.31 bits per heavy atom. The highest BCUT2D eigenvalue weighted by Gasteiger charge is 2.26. The van der Waals surface area contributed by atoms with Crippen molar-refractivity contribution in [1.82, 2.24) is 4.72 Å². The van der Waals surface area contributed by atoms with Crippen molar-refractivity contribution in [2.24, 2.45) is 0 Å². The van der Waals surface area contributed by atoms with Crippen LogP contribution < -0.4 is 10.0 Å². The van der Waals surface area contributed by atoms with Gasteiger partial charge in [0.1, 0.15) is 6.04 Å². The molecule has 5 nitrogen and oxygen atoms in total. The van der Waals surface area contributed by atoms with E-state index in [9.17, 15) is 13.2 Å². The summed E-state index contributed by atoms with van der Waals surface area (Å²) in [6.07, 6.45) is 0.202. The topological polar surface area (TPSA) is 75.3 Å². The fourth-order valence-corrected chi connectivity index (χ4v) is 4.42. The zero-order valence-electron chi connectivity index (χ0n) is 15.2. The third kappa shape index (κ3) is 6.14. The van der Waals surface area contributed by atoms with E-state index in [1.54, 1.807) is 18.2 Å². The smallest absolute Gasteiger partial charge is 0.242 e. The van der Waals surface area contributed by atoms with E-state index < -0.39 is 22.0 Å². The van der Waals surface area contributed by atoms with Gasteiger partial charge in [-0.25, -0.2) is 8.42 Å². The minimum Gasteiger partial charge on any atom is -0.325 e. The van der Waals surface area contributed by atoms with Gasteiger partial charge in [-0.3, -0.25) is 4.79 Å². The van der Waals surface area contributed by atoms with Gasteiger partial charge in [0.15, 0.2) is 0 Å². The van der Waals surface area contributed by atoms with Gasteiger partial charge in [-0.1, -0.05) is 63.9 Å². The summed E-state index contributed by atoms with van der Waals surface area (Å²) in [6.45, 7) is 0. The molecule has 0 saturated carbocycles. The van der Waals surface area contributed by atoms with Crippen molar-refractivity contribution in [2.45, 2.75) is 17.4 Å².